The van der Waals surface area contributed by atoms with Crippen LogP contribution in [0.25, 0.3) is 39.6 Å². The molecule has 2 aliphatic heterocycles. The van der Waals surface area contributed by atoms with Crippen LogP contribution in [0.15, 0.2) is 72.9 Å². The normalized spacial score (nSPS) is 16.7. The summed E-state index contributed by atoms with van der Waals surface area (Å²) in [5.74, 6) is 1.03. The van der Waals surface area contributed by atoms with Gasteiger partial charge in [0.05, 0.1) is 18.9 Å². The van der Waals surface area contributed by atoms with Gasteiger partial charge in [-0.3, -0.25) is 0 Å². The van der Waals surface area contributed by atoms with Crippen molar-refractivity contribution in [2.75, 3.05) is 41.8 Å². The molecule has 2 aromatic heterocycles. The molecule has 3 aromatic carbocycles. The summed E-state index contributed by atoms with van der Waals surface area (Å²) >= 11 is 0. The van der Waals surface area contributed by atoms with E-state index >= 15 is 0 Å². The van der Waals surface area contributed by atoms with Gasteiger partial charge in [0.2, 0.25) is 5.95 Å². The van der Waals surface area contributed by atoms with Gasteiger partial charge in [-0.25, -0.2) is 4.98 Å². The number of nitrogens with two attached hydrogens (primary N) is 1. The second kappa shape index (κ2) is 10.0. The minimum absolute atomic E-state index is 0.261. The monoisotopic (exact) mass is 554 g/mol. The standard InChI is InChI=1S/C35H34N6O/c1-22-29(3-2-4-32(22)41-14-13-26-19-25(23-5-6-23)7-8-27(26)21-41)33-30-20-31(37-34(30)39-35(36)38-33)24-9-11-28(12-10-24)40-15-17-42-18-16-40/h2-4,7-14,19-20,23H,5-6,15-18,21H2,1H3,(H3,36,37,38,39). The van der Waals surface area contributed by atoms with Crippen molar-refractivity contribution >= 4 is 34.4 Å². The van der Waals surface area contributed by atoms with E-state index in [0.717, 1.165) is 77.9 Å². The van der Waals surface area contributed by atoms with Gasteiger partial charge in [-0.1, -0.05) is 42.5 Å². The number of ether oxygens (including phenoxy) is 1. The molecule has 3 aliphatic rings. The quantitative estimate of drug-likeness (QED) is 0.246. The molecule has 7 nitrogen and oxygen atoms in total. The molecule has 2 fully saturated rings. The van der Waals surface area contributed by atoms with E-state index in [1.807, 2.05) is 0 Å². The van der Waals surface area contributed by atoms with E-state index < -0.39 is 0 Å². The molecule has 0 amide bonds. The summed E-state index contributed by atoms with van der Waals surface area (Å²) in [6.07, 6.45) is 7.11. The van der Waals surface area contributed by atoms with E-state index in [1.54, 1.807) is 0 Å². The Kier molecular flexibility index (Phi) is 6.00. The highest BCUT2D eigenvalue weighted by atomic mass is 16.5. The lowest BCUT2D eigenvalue weighted by atomic mass is 9.97. The Morgan fingerprint density at radius 1 is 0.952 bits per heavy atom. The molecule has 1 aliphatic carbocycles. The summed E-state index contributed by atoms with van der Waals surface area (Å²) in [5.41, 5.74) is 18.7. The van der Waals surface area contributed by atoms with Crippen molar-refractivity contribution in [2.45, 2.75) is 32.2 Å². The summed E-state index contributed by atoms with van der Waals surface area (Å²) in [5, 5.41) is 0.962. The first-order valence-corrected chi connectivity index (χ1v) is 14.9. The predicted molar refractivity (Wildman–Crippen MR) is 171 cm³/mol. The third-order valence-electron chi connectivity index (χ3n) is 8.92. The highest BCUT2D eigenvalue weighted by Gasteiger charge is 2.25. The molecule has 0 unspecified atom stereocenters. The molecular weight excluding hydrogens is 520 g/mol. The van der Waals surface area contributed by atoms with E-state index in [1.165, 1.54) is 40.9 Å². The van der Waals surface area contributed by atoms with Gasteiger partial charge in [0.25, 0.3) is 0 Å². The number of benzene rings is 3. The molecule has 0 atom stereocenters. The fraction of sp³-hybridized carbons (Fsp3) is 0.257. The van der Waals surface area contributed by atoms with Gasteiger partial charge >= 0.3 is 0 Å². The molecule has 8 rings (SSSR count). The first-order valence-electron chi connectivity index (χ1n) is 14.9. The minimum atomic E-state index is 0.261. The highest BCUT2D eigenvalue weighted by Crippen LogP contribution is 2.42. The zero-order chi connectivity index (χ0) is 28.2. The van der Waals surface area contributed by atoms with E-state index in [4.69, 9.17) is 15.5 Å². The zero-order valence-corrected chi connectivity index (χ0v) is 23.8. The number of H-pyrrole nitrogens is 1. The lowest BCUT2D eigenvalue weighted by Gasteiger charge is -2.28. The Morgan fingerprint density at radius 3 is 2.60 bits per heavy atom. The van der Waals surface area contributed by atoms with E-state index in [9.17, 15) is 0 Å². The van der Waals surface area contributed by atoms with Crippen LogP contribution in [0.2, 0.25) is 0 Å². The van der Waals surface area contributed by atoms with E-state index in [2.05, 4.69) is 106 Å². The Morgan fingerprint density at radius 2 is 1.79 bits per heavy atom. The van der Waals surface area contributed by atoms with Crippen LogP contribution in [0, 0.1) is 6.92 Å². The number of anilines is 3. The Balaban J connectivity index is 1.12. The number of nitrogen functional groups attached to an aromatic ring is 1. The van der Waals surface area contributed by atoms with E-state index in [0.29, 0.717) is 0 Å². The average Bonchev–Trinajstić information content (AvgIpc) is 3.80. The lowest BCUT2D eigenvalue weighted by Crippen LogP contribution is -2.36. The number of nitrogens with zero attached hydrogens (tertiary/aromatic N) is 4. The molecule has 0 bridgehead atoms. The molecular formula is C35H34N6O. The first kappa shape index (κ1) is 25.1. The number of fused-ring (bicyclic) bond motifs is 2. The molecule has 5 aromatic rings. The molecule has 1 saturated carbocycles. The SMILES string of the molecule is Cc1c(-c2nc(N)nc3[nH]c(-c4ccc(N5CCOCC5)cc4)cc23)cccc1N1C=Cc2cc(C3CC3)ccc2C1. The molecule has 4 heterocycles. The first-order chi connectivity index (χ1) is 20.6. The van der Waals surface area contributed by atoms with Crippen molar-refractivity contribution in [1.82, 2.24) is 15.0 Å². The maximum atomic E-state index is 6.25. The Bertz CT molecular complexity index is 1830. The molecule has 1 saturated heterocycles. The van der Waals surface area contributed by atoms with Crippen molar-refractivity contribution in [2.24, 2.45) is 0 Å². The second-order valence-electron chi connectivity index (χ2n) is 11.6. The third-order valence-corrected chi connectivity index (χ3v) is 8.92. The maximum Gasteiger partial charge on any atom is 0.222 e. The van der Waals surface area contributed by atoms with Crippen molar-refractivity contribution in [3.63, 3.8) is 0 Å². The number of aromatic nitrogens is 3. The highest BCUT2D eigenvalue weighted by molar-refractivity contribution is 5.96. The molecule has 42 heavy (non-hydrogen) atoms. The summed E-state index contributed by atoms with van der Waals surface area (Å²) in [6, 6.07) is 24.3. The van der Waals surface area contributed by atoms with Gasteiger partial charge in [0.15, 0.2) is 0 Å². The largest absolute Gasteiger partial charge is 0.378 e. The van der Waals surface area contributed by atoms with Crippen LogP contribution in [0.4, 0.5) is 17.3 Å². The maximum absolute atomic E-state index is 6.25. The van der Waals surface area contributed by atoms with Crippen LogP contribution < -0.4 is 15.5 Å². The van der Waals surface area contributed by atoms with Crippen molar-refractivity contribution in [1.29, 1.82) is 0 Å². The van der Waals surface area contributed by atoms with E-state index in [-0.39, 0.29) is 5.95 Å². The number of aromatic amines is 1. The molecule has 0 spiro atoms. The smallest absolute Gasteiger partial charge is 0.222 e. The number of nitrogens with one attached hydrogen (secondary N) is 1. The fourth-order valence-electron chi connectivity index (χ4n) is 6.41. The number of hydrogen-bond acceptors (Lipinski definition) is 6. The van der Waals surface area contributed by atoms with Gasteiger partial charge in [0.1, 0.15) is 5.65 Å². The van der Waals surface area contributed by atoms with Crippen molar-refractivity contribution in [3.8, 4) is 22.5 Å². The Labute approximate surface area is 245 Å². The predicted octanol–water partition coefficient (Wildman–Crippen LogP) is 6.89. The lowest BCUT2D eigenvalue weighted by molar-refractivity contribution is 0.122. The third kappa shape index (κ3) is 4.50. The van der Waals surface area contributed by atoms with Gasteiger partial charge in [-0.15, -0.1) is 0 Å². The van der Waals surface area contributed by atoms with Crippen molar-refractivity contribution in [3.05, 3.63) is 95.2 Å². The van der Waals surface area contributed by atoms with Crippen LogP contribution >= 0.6 is 0 Å². The van der Waals surface area contributed by atoms with Crippen LogP contribution in [0.1, 0.15) is 41.0 Å². The summed E-state index contributed by atoms with van der Waals surface area (Å²) < 4.78 is 5.51. The van der Waals surface area contributed by atoms with Gasteiger partial charge in [-0.2, -0.15) is 4.98 Å². The summed E-state index contributed by atoms with van der Waals surface area (Å²) in [7, 11) is 0. The number of rotatable bonds is 5. The molecule has 7 heteroatoms. The molecule has 210 valence electrons. The topological polar surface area (TPSA) is 83.3 Å². The number of morpholine rings is 1. The number of hydrogen-bond donors (Lipinski definition) is 2. The van der Waals surface area contributed by atoms with Gasteiger partial charge < -0.3 is 25.3 Å². The van der Waals surface area contributed by atoms with Gasteiger partial charge in [-0.05, 0) is 83.8 Å². The minimum Gasteiger partial charge on any atom is -0.378 e. The van der Waals surface area contributed by atoms with Crippen molar-refractivity contribution < 1.29 is 4.74 Å². The summed E-state index contributed by atoms with van der Waals surface area (Å²) in [6.45, 7) is 6.40. The van der Waals surface area contributed by atoms with Crippen LogP contribution in [-0.4, -0.2) is 41.3 Å². The van der Waals surface area contributed by atoms with Crippen LogP contribution in [0.3, 0.4) is 0 Å². The van der Waals surface area contributed by atoms with Crippen LogP contribution in [0.5, 0.6) is 0 Å². The molecule has 0 radical (unpaired) electrons. The van der Waals surface area contributed by atoms with Gasteiger partial charge in [0, 0.05) is 53.9 Å². The second-order valence-corrected chi connectivity index (χ2v) is 11.6. The van der Waals surface area contributed by atoms with Crippen LogP contribution in [-0.2, 0) is 11.3 Å². The summed E-state index contributed by atoms with van der Waals surface area (Å²) in [4.78, 5) is 17.5. The fourth-order valence-corrected chi connectivity index (χ4v) is 6.41. The molecule has 3 N–H and O–H groups in total. The average molecular weight is 555 g/mol. The Hall–Kier alpha value is -4.62. The zero-order valence-electron chi connectivity index (χ0n) is 23.8.